The molecule has 5 heteroatoms. The van der Waals surface area contributed by atoms with Crippen LogP contribution >= 0.6 is 0 Å². The summed E-state index contributed by atoms with van der Waals surface area (Å²) in [5, 5.41) is 0. The van der Waals surface area contributed by atoms with Crippen molar-refractivity contribution >= 4 is 0 Å². The second-order valence-corrected chi connectivity index (χ2v) is 8.79. The lowest BCUT2D eigenvalue weighted by molar-refractivity contribution is 0.0320. The average Bonchev–Trinajstić information content (AvgIpc) is 2.87. The Labute approximate surface area is 198 Å². The molecular weight excluding hydrogens is 440 g/mol. The molecule has 1 fully saturated rings. The normalized spacial score (nSPS) is 18.1. The van der Waals surface area contributed by atoms with Crippen molar-refractivity contribution in [1.82, 2.24) is 0 Å². The van der Waals surface area contributed by atoms with E-state index in [1.165, 1.54) is 0 Å². The highest BCUT2D eigenvalue weighted by atomic mass is 19.2. The fraction of sp³-hybridized carbons (Fsp3) is 0.310. The molecule has 2 unspecified atom stereocenters. The second kappa shape index (κ2) is 10.6. The summed E-state index contributed by atoms with van der Waals surface area (Å²) in [6.45, 7) is 6.02. The van der Waals surface area contributed by atoms with Gasteiger partial charge in [0.15, 0.2) is 23.3 Å². The zero-order valence-electron chi connectivity index (χ0n) is 19.2. The summed E-state index contributed by atoms with van der Waals surface area (Å²) in [6, 6.07) is 12.7. The van der Waals surface area contributed by atoms with Crippen LogP contribution in [0.4, 0.5) is 17.6 Å². The molecule has 0 saturated carbocycles. The largest absolute Gasteiger partial charge is 0.374 e. The smallest absolute Gasteiger partial charge is 0.166 e. The lowest BCUT2D eigenvalue weighted by Gasteiger charge is -2.28. The van der Waals surface area contributed by atoms with Crippen LogP contribution in [-0.4, -0.2) is 12.7 Å². The number of rotatable bonds is 7. The van der Waals surface area contributed by atoms with Crippen LogP contribution in [0.1, 0.15) is 49.7 Å². The highest BCUT2D eigenvalue weighted by molar-refractivity contribution is 5.71. The summed E-state index contributed by atoms with van der Waals surface area (Å²) in [5.74, 6) is -3.72. The lowest BCUT2D eigenvalue weighted by atomic mass is 9.89. The van der Waals surface area contributed by atoms with Gasteiger partial charge in [0.25, 0.3) is 0 Å². The molecule has 1 heterocycles. The molecule has 0 amide bonds. The fourth-order valence-corrected chi connectivity index (χ4v) is 4.51. The Morgan fingerprint density at radius 1 is 0.824 bits per heavy atom. The molecule has 34 heavy (non-hydrogen) atoms. The van der Waals surface area contributed by atoms with Gasteiger partial charge in [-0.1, -0.05) is 68.0 Å². The van der Waals surface area contributed by atoms with Gasteiger partial charge in [-0.05, 0) is 47.9 Å². The molecule has 2 atom stereocenters. The summed E-state index contributed by atoms with van der Waals surface area (Å²) in [5.41, 5.74) is 1.85. The van der Waals surface area contributed by atoms with E-state index in [1.54, 1.807) is 54.6 Å². The van der Waals surface area contributed by atoms with Gasteiger partial charge in [-0.15, -0.1) is 6.58 Å². The van der Waals surface area contributed by atoms with Crippen LogP contribution in [-0.2, 0) is 11.2 Å². The monoisotopic (exact) mass is 468 g/mol. The SMILES string of the molecule is C=CC1CCC(c2ccc(-c3ccc(-c4ccc(CCCC)c(F)c4F)cc3)c(F)c2F)CO1. The molecule has 178 valence electrons. The first kappa shape index (κ1) is 24.2. The van der Waals surface area contributed by atoms with E-state index in [0.717, 1.165) is 19.3 Å². The van der Waals surface area contributed by atoms with Crippen LogP contribution in [0.25, 0.3) is 22.3 Å². The van der Waals surface area contributed by atoms with Gasteiger partial charge in [0.05, 0.1) is 12.7 Å². The maximum atomic E-state index is 15.0. The molecule has 1 nitrogen and oxygen atoms in total. The second-order valence-electron chi connectivity index (χ2n) is 8.79. The van der Waals surface area contributed by atoms with Crippen molar-refractivity contribution in [2.75, 3.05) is 6.61 Å². The van der Waals surface area contributed by atoms with E-state index in [9.17, 15) is 17.6 Å². The summed E-state index contributed by atoms with van der Waals surface area (Å²) in [4.78, 5) is 0. The number of hydrogen-bond acceptors (Lipinski definition) is 1. The molecule has 3 aromatic carbocycles. The zero-order chi connectivity index (χ0) is 24.2. The third-order valence-corrected chi connectivity index (χ3v) is 6.59. The van der Waals surface area contributed by atoms with E-state index in [-0.39, 0.29) is 23.1 Å². The van der Waals surface area contributed by atoms with E-state index in [4.69, 9.17) is 4.74 Å². The maximum Gasteiger partial charge on any atom is 0.166 e. The van der Waals surface area contributed by atoms with Gasteiger partial charge in [0.1, 0.15) is 0 Å². The fourth-order valence-electron chi connectivity index (χ4n) is 4.51. The van der Waals surface area contributed by atoms with Gasteiger partial charge in [-0.2, -0.15) is 0 Å². The molecule has 0 bridgehead atoms. The molecule has 1 saturated heterocycles. The van der Waals surface area contributed by atoms with E-state index in [0.29, 0.717) is 41.7 Å². The van der Waals surface area contributed by atoms with Gasteiger partial charge in [0.2, 0.25) is 0 Å². The van der Waals surface area contributed by atoms with Crippen molar-refractivity contribution in [2.45, 2.75) is 51.0 Å². The predicted octanol–water partition coefficient (Wildman–Crippen LogP) is 8.37. The Balaban J connectivity index is 1.57. The number of unbranched alkanes of at least 4 members (excludes halogenated alkanes) is 1. The Bertz CT molecular complexity index is 1160. The molecule has 0 N–H and O–H groups in total. The van der Waals surface area contributed by atoms with Gasteiger partial charge >= 0.3 is 0 Å². The predicted molar refractivity (Wildman–Crippen MR) is 128 cm³/mol. The van der Waals surface area contributed by atoms with Crippen LogP contribution < -0.4 is 0 Å². The van der Waals surface area contributed by atoms with Crippen LogP contribution in [0.5, 0.6) is 0 Å². The quantitative estimate of drug-likeness (QED) is 0.250. The van der Waals surface area contributed by atoms with E-state index in [2.05, 4.69) is 6.58 Å². The number of halogens is 4. The Kier molecular flexibility index (Phi) is 7.52. The summed E-state index contributed by atoms with van der Waals surface area (Å²) >= 11 is 0. The third-order valence-electron chi connectivity index (χ3n) is 6.59. The van der Waals surface area contributed by atoms with Gasteiger partial charge in [0, 0.05) is 17.0 Å². The average molecular weight is 469 g/mol. The number of ether oxygens (including phenoxy) is 1. The topological polar surface area (TPSA) is 9.23 Å². The standard InChI is InChI=1S/C29H28F4O/c1-3-5-6-20-12-14-23(27(31)26(20)30)18-7-9-19(10-8-18)24-15-16-25(29(33)28(24)32)21-11-13-22(4-2)34-17-21/h4,7-10,12,14-16,21-22H,2-3,5-6,11,13,17H2,1H3. The summed E-state index contributed by atoms with van der Waals surface area (Å²) in [6.07, 6.45) is 5.26. The first-order valence-electron chi connectivity index (χ1n) is 11.7. The highest BCUT2D eigenvalue weighted by Gasteiger charge is 2.26. The minimum absolute atomic E-state index is 0.0483. The summed E-state index contributed by atoms with van der Waals surface area (Å²) < 4.78 is 64.7. The van der Waals surface area contributed by atoms with E-state index < -0.39 is 23.3 Å². The number of aryl methyl sites for hydroxylation is 1. The number of benzene rings is 3. The van der Waals surface area contributed by atoms with E-state index in [1.807, 2.05) is 6.92 Å². The van der Waals surface area contributed by atoms with Gasteiger partial charge in [-0.3, -0.25) is 0 Å². The molecule has 1 aliphatic heterocycles. The van der Waals surface area contributed by atoms with E-state index >= 15 is 0 Å². The molecule has 0 radical (unpaired) electrons. The highest BCUT2D eigenvalue weighted by Crippen LogP contribution is 2.35. The minimum atomic E-state index is -0.923. The zero-order valence-corrected chi connectivity index (χ0v) is 19.2. The van der Waals surface area contributed by atoms with Crippen molar-refractivity contribution in [1.29, 1.82) is 0 Å². The third kappa shape index (κ3) is 4.80. The lowest BCUT2D eigenvalue weighted by Crippen LogP contribution is -2.23. The van der Waals surface area contributed by atoms with Crippen LogP contribution in [0.3, 0.4) is 0 Å². The van der Waals surface area contributed by atoms with Gasteiger partial charge in [-0.25, -0.2) is 17.6 Å². The Hall–Kier alpha value is -2.92. The van der Waals surface area contributed by atoms with Crippen molar-refractivity contribution in [3.8, 4) is 22.3 Å². The molecule has 0 spiro atoms. The minimum Gasteiger partial charge on any atom is -0.374 e. The first-order valence-corrected chi connectivity index (χ1v) is 11.7. The van der Waals surface area contributed by atoms with Crippen molar-refractivity contribution in [3.05, 3.63) is 95.6 Å². The maximum absolute atomic E-state index is 15.0. The first-order chi connectivity index (χ1) is 16.4. The molecule has 1 aliphatic rings. The van der Waals surface area contributed by atoms with Crippen LogP contribution in [0.15, 0.2) is 61.2 Å². The Morgan fingerprint density at radius 3 is 2.00 bits per heavy atom. The molecule has 3 aromatic rings. The van der Waals surface area contributed by atoms with Crippen LogP contribution in [0, 0.1) is 23.3 Å². The Morgan fingerprint density at radius 2 is 1.44 bits per heavy atom. The van der Waals surface area contributed by atoms with Crippen molar-refractivity contribution in [3.63, 3.8) is 0 Å². The van der Waals surface area contributed by atoms with Crippen molar-refractivity contribution in [2.24, 2.45) is 0 Å². The molecule has 0 aliphatic carbocycles. The number of hydrogen-bond donors (Lipinski definition) is 0. The molecule has 4 rings (SSSR count). The summed E-state index contributed by atoms with van der Waals surface area (Å²) in [7, 11) is 0. The molecule has 0 aromatic heterocycles. The van der Waals surface area contributed by atoms with Crippen molar-refractivity contribution < 1.29 is 22.3 Å². The van der Waals surface area contributed by atoms with Gasteiger partial charge < -0.3 is 4.74 Å². The molecular formula is C29H28F4O. The van der Waals surface area contributed by atoms with Crippen LogP contribution in [0.2, 0.25) is 0 Å².